The molecular formula is C29H39NO2. The van der Waals surface area contributed by atoms with Gasteiger partial charge in [0.25, 0.3) is 0 Å². The third kappa shape index (κ3) is 4.34. The predicted molar refractivity (Wildman–Crippen MR) is 130 cm³/mol. The Kier molecular flexibility index (Phi) is 6.31. The van der Waals surface area contributed by atoms with Crippen LogP contribution in [0.3, 0.4) is 0 Å². The first-order valence-corrected chi connectivity index (χ1v) is 12.6. The molecule has 2 aromatic rings. The van der Waals surface area contributed by atoms with Crippen molar-refractivity contribution in [1.29, 1.82) is 0 Å². The van der Waals surface area contributed by atoms with Gasteiger partial charge in [-0.05, 0) is 99.0 Å². The maximum Gasteiger partial charge on any atom is 0.226 e. The second kappa shape index (κ2) is 9.19. The SMILES string of the molecule is CN(C)CCOC(Oc1ccc2c(c1)CC[C@@H]1[C@@H]2CC[C@]2(C)CCC[C@@H]12)c1ccccc1. The first-order valence-electron chi connectivity index (χ1n) is 12.6. The Hall–Kier alpha value is -1.84. The molecule has 3 aliphatic carbocycles. The Morgan fingerprint density at radius 3 is 2.69 bits per heavy atom. The van der Waals surface area contributed by atoms with Crippen LogP contribution in [0, 0.1) is 17.3 Å². The van der Waals surface area contributed by atoms with Crippen molar-refractivity contribution in [1.82, 2.24) is 4.90 Å². The van der Waals surface area contributed by atoms with Crippen LogP contribution in [-0.2, 0) is 11.2 Å². The van der Waals surface area contributed by atoms with Crippen LogP contribution in [0.25, 0.3) is 0 Å². The van der Waals surface area contributed by atoms with E-state index >= 15 is 0 Å². The number of likely N-dealkylation sites (N-methyl/N-ethyl adjacent to an activating group) is 1. The van der Waals surface area contributed by atoms with E-state index in [1.54, 1.807) is 5.56 Å². The van der Waals surface area contributed by atoms with E-state index in [0.717, 1.165) is 35.6 Å². The molecular weight excluding hydrogens is 394 g/mol. The summed E-state index contributed by atoms with van der Waals surface area (Å²) in [5.41, 5.74) is 4.80. The number of hydrogen-bond donors (Lipinski definition) is 0. The molecule has 5 rings (SSSR count). The van der Waals surface area contributed by atoms with Gasteiger partial charge in [-0.15, -0.1) is 0 Å². The predicted octanol–water partition coefficient (Wildman–Crippen LogP) is 6.59. The topological polar surface area (TPSA) is 21.7 Å². The number of fused-ring (bicyclic) bond motifs is 5. The molecule has 0 bridgehead atoms. The van der Waals surface area contributed by atoms with Gasteiger partial charge in [0.15, 0.2) is 0 Å². The number of aryl methyl sites for hydroxylation is 1. The lowest BCUT2D eigenvalue weighted by molar-refractivity contribution is -0.0863. The van der Waals surface area contributed by atoms with Gasteiger partial charge in [0, 0.05) is 12.1 Å². The van der Waals surface area contributed by atoms with Crippen molar-refractivity contribution in [2.75, 3.05) is 27.2 Å². The van der Waals surface area contributed by atoms with Crippen molar-refractivity contribution in [2.45, 2.75) is 64.1 Å². The van der Waals surface area contributed by atoms with Crippen molar-refractivity contribution in [2.24, 2.45) is 17.3 Å². The number of hydrogen-bond acceptors (Lipinski definition) is 3. The quantitative estimate of drug-likeness (QED) is 0.460. The van der Waals surface area contributed by atoms with E-state index in [1.165, 1.54) is 50.5 Å². The van der Waals surface area contributed by atoms with E-state index in [0.29, 0.717) is 12.0 Å². The second-order valence-corrected chi connectivity index (χ2v) is 10.9. The van der Waals surface area contributed by atoms with Gasteiger partial charge in [-0.25, -0.2) is 0 Å². The lowest BCUT2D eigenvalue weighted by atomic mass is 9.56. The van der Waals surface area contributed by atoms with Crippen LogP contribution in [0.4, 0.5) is 0 Å². The van der Waals surface area contributed by atoms with Gasteiger partial charge in [-0.3, -0.25) is 0 Å². The van der Waals surface area contributed by atoms with Gasteiger partial charge in [0.1, 0.15) is 5.75 Å². The molecule has 0 spiro atoms. The highest BCUT2D eigenvalue weighted by Crippen LogP contribution is 2.60. The van der Waals surface area contributed by atoms with Crippen LogP contribution < -0.4 is 4.74 Å². The zero-order valence-corrected chi connectivity index (χ0v) is 20.1. The lowest BCUT2D eigenvalue weighted by Crippen LogP contribution is -2.39. The van der Waals surface area contributed by atoms with Crippen LogP contribution in [0.2, 0.25) is 0 Å². The molecule has 3 heteroatoms. The zero-order valence-electron chi connectivity index (χ0n) is 20.1. The van der Waals surface area contributed by atoms with Gasteiger partial charge >= 0.3 is 0 Å². The first kappa shape index (κ1) is 22.0. The molecule has 0 heterocycles. The fourth-order valence-electron chi connectivity index (χ4n) is 6.90. The number of benzene rings is 2. The molecule has 2 saturated carbocycles. The fourth-order valence-corrected chi connectivity index (χ4v) is 6.90. The minimum atomic E-state index is -0.376. The van der Waals surface area contributed by atoms with E-state index in [4.69, 9.17) is 9.47 Å². The Morgan fingerprint density at radius 2 is 1.88 bits per heavy atom. The van der Waals surface area contributed by atoms with Gasteiger partial charge in [-0.1, -0.05) is 49.7 Å². The van der Waals surface area contributed by atoms with E-state index in [9.17, 15) is 0 Å². The maximum absolute atomic E-state index is 6.43. The summed E-state index contributed by atoms with van der Waals surface area (Å²) in [6.45, 7) is 4.09. The molecule has 2 aromatic carbocycles. The summed E-state index contributed by atoms with van der Waals surface area (Å²) in [5, 5.41) is 0. The standard InChI is InChI=1S/C29H39NO2/c1-29-16-7-10-27(29)26-13-11-22-20-23(12-14-24(22)25(26)15-17-29)32-28(31-19-18-30(2)3)21-8-5-4-6-9-21/h4-6,8-9,12,14,20,25-28H,7,10-11,13,15-19H2,1-3H3/t25-,26-,27+,28?,29+/m1/s1. The molecule has 0 aromatic heterocycles. The molecule has 5 atom stereocenters. The monoisotopic (exact) mass is 433 g/mol. The lowest BCUT2D eigenvalue weighted by Gasteiger charge is -2.49. The van der Waals surface area contributed by atoms with Crippen LogP contribution in [0.5, 0.6) is 5.75 Å². The molecule has 0 radical (unpaired) electrons. The van der Waals surface area contributed by atoms with Crippen molar-refractivity contribution in [3.05, 3.63) is 65.2 Å². The van der Waals surface area contributed by atoms with Crippen LogP contribution >= 0.6 is 0 Å². The molecule has 32 heavy (non-hydrogen) atoms. The zero-order chi connectivity index (χ0) is 22.1. The van der Waals surface area contributed by atoms with E-state index in [-0.39, 0.29) is 6.29 Å². The second-order valence-electron chi connectivity index (χ2n) is 10.9. The minimum Gasteiger partial charge on any atom is -0.461 e. The number of rotatable bonds is 7. The average molecular weight is 434 g/mol. The van der Waals surface area contributed by atoms with E-state index in [2.05, 4.69) is 56.3 Å². The van der Waals surface area contributed by atoms with E-state index in [1.807, 2.05) is 18.2 Å². The van der Waals surface area contributed by atoms with Gasteiger partial charge < -0.3 is 14.4 Å². The third-order valence-electron chi connectivity index (χ3n) is 8.60. The highest BCUT2D eigenvalue weighted by Gasteiger charge is 2.50. The van der Waals surface area contributed by atoms with Crippen LogP contribution in [-0.4, -0.2) is 32.1 Å². The fraction of sp³-hybridized carbons (Fsp3) is 0.586. The largest absolute Gasteiger partial charge is 0.461 e. The summed E-state index contributed by atoms with van der Waals surface area (Å²) in [7, 11) is 4.13. The summed E-state index contributed by atoms with van der Waals surface area (Å²) in [4.78, 5) is 2.14. The summed E-state index contributed by atoms with van der Waals surface area (Å²) >= 11 is 0. The molecule has 3 nitrogen and oxygen atoms in total. The van der Waals surface area contributed by atoms with Crippen molar-refractivity contribution in [3.63, 3.8) is 0 Å². The van der Waals surface area contributed by atoms with Crippen LogP contribution in [0.1, 0.15) is 74.3 Å². The highest BCUT2D eigenvalue weighted by molar-refractivity contribution is 5.41. The molecule has 0 saturated heterocycles. The molecule has 2 fully saturated rings. The molecule has 0 N–H and O–H groups in total. The third-order valence-corrected chi connectivity index (χ3v) is 8.60. The first-order chi connectivity index (χ1) is 15.5. The normalized spacial score (nSPS) is 29.8. The maximum atomic E-state index is 6.43. The number of ether oxygens (including phenoxy) is 2. The summed E-state index contributed by atoms with van der Waals surface area (Å²) in [6, 6.07) is 17.2. The number of nitrogens with zero attached hydrogens (tertiary/aromatic N) is 1. The highest BCUT2D eigenvalue weighted by atomic mass is 16.7. The van der Waals surface area contributed by atoms with Crippen molar-refractivity contribution in [3.8, 4) is 5.75 Å². The van der Waals surface area contributed by atoms with Gasteiger partial charge in [0.05, 0.1) is 6.61 Å². The Morgan fingerprint density at radius 1 is 1.03 bits per heavy atom. The summed E-state index contributed by atoms with van der Waals surface area (Å²) in [6.07, 6.45) is 9.29. The minimum absolute atomic E-state index is 0.376. The van der Waals surface area contributed by atoms with Crippen molar-refractivity contribution >= 4 is 0 Å². The van der Waals surface area contributed by atoms with Crippen molar-refractivity contribution < 1.29 is 9.47 Å². The molecule has 1 unspecified atom stereocenters. The molecule has 0 aliphatic heterocycles. The summed E-state index contributed by atoms with van der Waals surface area (Å²) in [5.74, 6) is 3.52. The summed E-state index contributed by atoms with van der Waals surface area (Å²) < 4.78 is 12.6. The average Bonchev–Trinajstić information content (AvgIpc) is 3.20. The Bertz CT molecular complexity index is 911. The molecule has 0 amide bonds. The Labute approximate surface area is 194 Å². The van der Waals surface area contributed by atoms with Gasteiger partial charge in [-0.2, -0.15) is 0 Å². The van der Waals surface area contributed by atoms with Gasteiger partial charge in [0.2, 0.25) is 6.29 Å². The van der Waals surface area contributed by atoms with E-state index < -0.39 is 0 Å². The smallest absolute Gasteiger partial charge is 0.226 e. The molecule has 172 valence electrons. The molecule has 3 aliphatic rings. The van der Waals surface area contributed by atoms with Crippen LogP contribution in [0.15, 0.2) is 48.5 Å². The Balaban J connectivity index is 1.33.